The van der Waals surface area contributed by atoms with E-state index in [9.17, 15) is 4.79 Å². The number of benzene rings is 1. The second kappa shape index (κ2) is 10.5. The zero-order chi connectivity index (χ0) is 17.5. The first-order valence-corrected chi connectivity index (χ1v) is 8.28. The Bertz CT molecular complexity index is 577. The van der Waals surface area contributed by atoms with Gasteiger partial charge in [0.25, 0.3) is 0 Å². The molecule has 0 amide bonds. The number of hydrogen-bond acceptors (Lipinski definition) is 4. The lowest BCUT2D eigenvalue weighted by Gasteiger charge is -2.21. The second-order valence-electron chi connectivity index (χ2n) is 6.15. The molecule has 0 bridgehead atoms. The van der Waals surface area contributed by atoms with E-state index in [1.807, 2.05) is 31.2 Å². The third kappa shape index (κ3) is 6.05. The van der Waals surface area contributed by atoms with Gasteiger partial charge in [-0.3, -0.25) is 9.79 Å². The first-order chi connectivity index (χ1) is 11.5. The monoisotopic (exact) mass is 461 g/mol. The third-order valence-corrected chi connectivity index (χ3v) is 4.30. The van der Waals surface area contributed by atoms with Crippen molar-refractivity contribution in [3.05, 3.63) is 29.8 Å². The first kappa shape index (κ1) is 21.5. The highest BCUT2D eigenvalue weighted by atomic mass is 127. The number of likely N-dealkylation sites (tertiary alicyclic amines) is 1. The predicted octanol–water partition coefficient (Wildman–Crippen LogP) is 2.31. The number of nitrogens with one attached hydrogen (secondary N) is 1. The number of nitrogens with zero attached hydrogens (tertiary/aromatic N) is 2. The number of esters is 1. The molecule has 7 heteroatoms. The van der Waals surface area contributed by atoms with E-state index in [1.165, 1.54) is 12.7 Å². The number of methoxy groups -OCH3 is 1. The molecular formula is C18H28IN3O3. The smallest absolute Gasteiger partial charge is 0.310 e. The largest absolute Gasteiger partial charge is 0.492 e. The van der Waals surface area contributed by atoms with Crippen molar-refractivity contribution in [2.75, 3.05) is 40.4 Å². The predicted molar refractivity (Wildman–Crippen MR) is 110 cm³/mol. The summed E-state index contributed by atoms with van der Waals surface area (Å²) in [5.74, 6) is 1.65. The molecule has 0 aliphatic carbocycles. The summed E-state index contributed by atoms with van der Waals surface area (Å²) in [7, 11) is 3.19. The Kier molecular flexibility index (Phi) is 9.02. The van der Waals surface area contributed by atoms with Gasteiger partial charge in [-0.2, -0.15) is 0 Å². The van der Waals surface area contributed by atoms with E-state index >= 15 is 0 Å². The Morgan fingerprint density at radius 2 is 2.00 bits per heavy atom. The molecule has 2 rings (SSSR count). The highest BCUT2D eigenvalue weighted by Crippen LogP contribution is 2.24. The van der Waals surface area contributed by atoms with Gasteiger partial charge in [0, 0.05) is 20.1 Å². The molecule has 1 N–H and O–H groups in total. The maximum atomic E-state index is 11.8. The molecule has 1 heterocycles. The van der Waals surface area contributed by atoms with E-state index in [-0.39, 0.29) is 41.8 Å². The zero-order valence-corrected chi connectivity index (χ0v) is 17.7. The van der Waals surface area contributed by atoms with Gasteiger partial charge in [-0.15, -0.1) is 24.0 Å². The summed E-state index contributed by atoms with van der Waals surface area (Å²) in [6, 6.07) is 7.99. The molecular weight excluding hydrogens is 433 g/mol. The minimum absolute atomic E-state index is 0. The number of rotatable bonds is 5. The van der Waals surface area contributed by atoms with Crippen LogP contribution < -0.4 is 10.1 Å². The van der Waals surface area contributed by atoms with Crippen molar-refractivity contribution in [1.82, 2.24) is 10.2 Å². The van der Waals surface area contributed by atoms with Crippen LogP contribution in [0.2, 0.25) is 0 Å². The Morgan fingerprint density at radius 1 is 1.32 bits per heavy atom. The van der Waals surface area contributed by atoms with Gasteiger partial charge in [-0.1, -0.05) is 24.6 Å². The van der Waals surface area contributed by atoms with Crippen LogP contribution in [0.5, 0.6) is 5.75 Å². The molecule has 1 aromatic rings. The Balaban J connectivity index is 0.00000312. The number of aliphatic imine (C=N–C) groups is 1. The first-order valence-electron chi connectivity index (χ1n) is 8.28. The molecule has 2 unspecified atom stereocenters. The van der Waals surface area contributed by atoms with Crippen LogP contribution in [0.3, 0.4) is 0 Å². The molecule has 0 aromatic heterocycles. The maximum absolute atomic E-state index is 11.8. The van der Waals surface area contributed by atoms with Crippen molar-refractivity contribution in [2.45, 2.75) is 13.8 Å². The molecule has 1 fully saturated rings. The van der Waals surface area contributed by atoms with E-state index in [2.05, 4.69) is 22.1 Å². The number of carbonyl (C=O) groups is 1. The Labute approximate surface area is 167 Å². The van der Waals surface area contributed by atoms with Crippen LogP contribution >= 0.6 is 24.0 Å². The van der Waals surface area contributed by atoms with Crippen molar-refractivity contribution in [1.29, 1.82) is 0 Å². The van der Waals surface area contributed by atoms with E-state index in [4.69, 9.17) is 9.47 Å². The molecule has 0 saturated carbocycles. The molecule has 1 aromatic carbocycles. The normalized spacial score (nSPS) is 20.0. The van der Waals surface area contributed by atoms with Gasteiger partial charge in [0.2, 0.25) is 0 Å². The standard InChI is InChI=1S/C18H27N3O3.HI/c1-13-5-7-15(8-6-13)24-10-9-20-18(19-3)21-11-14(2)16(12-21)17(22)23-4;/h5-8,14,16H,9-12H2,1-4H3,(H,19,20);1H. The van der Waals surface area contributed by atoms with Crippen LogP contribution in [0.4, 0.5) is 0 Å². The van der Waals surface area contributed by atoms with Gasteiger partial charge >= 0.3 is 5.97 Å². The number of guanidine groups is 1. The number of ether oxygens (including phenoxy) is 2. The summed E-state index contributed by atoms with van der Waals surface area (Å²) in [4.78, 5) is 18.2. The highest BCUT2D eigenvalue weighted by Gasteiger charge is 2.36. The highest BCUT2D eigenvalue weighted by molar-refractivity contribution is 14.0. The summed E-state index contributed by atoms with van der Waals surface area (Å²) >= 11 is 0. The van der Waals surface area contributed by atoms with E-state index in [0.717, 1.165) is 18.3 Å². The third-order valence-electron chi connectivity index (χ3n) is 4.30. The average molecular weight is 461 g/mol. The van der Waals surface area contributed by atoms with Crippen LogP contribution in [0.15, 0.2) is 29.3 Å². The molecule has 2 atom stereocenters. The summed E-state index contributed by atoms with van der Waals surface area (Å²) in [5, 5.41) is 3.29. The minimum Gasteiger partial charge on any atom is -0.492 e. The van der Waals surface area contributed by atoms with Crippen LogP contribution in [-0.2, 0) is 9.53 Å². The van der Waals surface area contributed by atoms with Gasteiger partial charge in [-0.05, 0) is 25.0 Å². The lowest BCUT2D eigenvalue weighted by molar-refractivity contribution is -0.145. The molecule has 1 aliphatic rings. The topological polar surface area (TPSA) is 63.2 Å². The van der Waals surface area contributed by atoms with Crippen molar-refractivity contribution in [2.24, 2.45) is 16.8 Å². The van der Waals surface area contributed by atoms with Gasteiger partial charge in [0.05, 0.1) is 19.6 Å². The van der Waals surface area contributed by atoms with Crippen LogP contribution in [0, 0.1) is 18.8 Å². The van der Waals surface area contributed by atoms with Gasteiger partial charge < -0.3 is 19.7 Å². The van der Waals surface area contributed by atoms with Crippen molar-refractivity contribution >= 4 is 35.9 Å². The van der Waals surface area contributed by atoms with E-state index in [0.29, 0.717) is 19.7 Å². The van der Waals surface area contributed by atoms with E-state index in [1.54, 1.807) is 7.05 Å². The number of hydrogen-bond donors (Lipinski definition) is 1. The van der Waals surface area contributed by atoms with Crippen LogP contribution in [0.1, 0.15) is 12.5 Å². The fourth-order valence-corrected chi connectivity index (χ4v) is 2.90. The summed E-state index contributed by atoms with van der Waals surface area (Å²) in [5.41, 5.74) is 1.21. The second-order valence-corrected chi connectivity index (χ2v) is 6.15. The van der Waals surface area contributed by atoms with Crippen molar-refractivity contribution < 1.29 is 14.3 Å². The Hall–Kier alpha value is -1.51. The van der Waals surface area contributed by atoms with Crippen LogP contribution in [-0.4, -0.2) is 57.2 Å². The summed E-state index contributed by atoms with van der Waals surface area (Å²) in [6.07, 6.45) is 0. The maximum Gasteiger partial charge on any atom is 0.310 e. The quantitative estimate of drug-likeness (QED) is 0.240. The molecule has 0 spiro atoms. The van der Waals surface area contributed by atoms with E-state index < -0.39 is 0 Å². The number of carbonyl (C=O) groups excluding carboxylic acids is 1. The summed E-state index contributed by atoms with van der Waals surface area (Å²) < 4.78 is 10.6. The molecule has 0 radical (unpaired) electrons. The number of aryl methyl sites for hydroxylation is 1. The Morgan fingerprint density at radius 3 is 2.60 bits per heavy atom. The zero-order valence-electron chi connectivity index (χ0n) is 15.3. The fourth-order valence-electron chi connectivity index (χ4n) is 2.90. The average Bonchev–Trinajstić information content (AvgIpc) is 2.97. The van der Waals surface area contributed by atoms with Crippen molar-refractivity contribution in [3.63, 3.8) is 0 Å². The SMILES string of the molecule is CN=C(NCCOc1ccc(C)cc1)N1CC(C)C(C(=O)OC)C1.I. The molecule has 25 heavy (non-hydrogen) atoms. The lowest BCUT2D eigenvalue weighted by Crippen LogP contribution is -2.42. The van der Waals surface area contributed by atoms with Crippen LogP contribution in [0.25, 0.3) is 0 Å². The molecule has 1 saturated heterocycles. The molecule has 1 aliphatic heterocycles. The molecule has 140 valence electrons. The van der Waals surface area contributed by atoms with Gasteiger partial charge in [0.15, 0.2) is 5.96 Å². The summed E-state index contributed by atoms with van der Waals surface area (Å²) in [6.45, 7) is 6.73. The minimum atomic E-state index is -0.150. The number of halogens is 1. The van der Waals surface area contributed by atoms with Crippen molar-refractivity contribution in [3.8, 4) is 5.75 Å². The van der Waals surface area contributed by atoms with Gasteiger partial charge in [0.1, 0.15) is 12.4 Å². The van der Waals surface area contributed by atoms with Gasteiger partial charge in [-0.25, -0.2) is 0 Å². The molecule has 6 nitrogen and oxygen atoms in total. The fraction of sp³-hybridized carbons (Fsp3) is 0.556. The lowest BCUT2D eigenvalue weighted by atomic mass is 9.99.